The molecule has 0 spiro atoms. The molecule has 1 fully saturated rings. The number of ether oxygens (including phenoxy) is 1. The Balaban J connectivity index is 1.34. The van der Waals surface area contributed by atoms with Crippen LogP contribution in [0.2, 0.25) is 0 Å². The van der Waals surface area contributed by atoms with Gasteiger partial charge in [0.05, 0.1) is 23.8 Å². The summed E-state index contributed by atoms with van der Waals surface area (Å²) in [6.07, 6.45) is 7.07. The van der Waals surface area contributed by atoms with Crippen molar-refractivity contribution >= 4 is 43.7 Å². The zero-order valence-corrected chi connectivity index (χ0v) is 16.3. The highest BCUT2D eigenvalue weighted by Gasteiger charge is 2.23. The average molecular weight is 396 g/mol. The van der Waals surface area contributed by atoms with Crippen molar-refractivity contribution < 1.29 is 4.74 Å². The quantitative estimate of drug-likeness (QED) is 0.505. The molecule has 1 aliphatic rings. The molecule has 28 heavy (non-hydrogen) atoms. The summed E-state index contributed by atoms with van der Waals surface area (Å²) in [5, 5.41) is 1.05. The molecule has 0 saturated carbocycles. The summed E-state index contributed by atoms with van der Waals surface area (Å²) in [7, 11) is 1.70. The van der Waals surface area contributed by atoms with E-state index in [1.807, 2.05) is 29.4 Å². The van der Waals surface area contributed by atoms with E-state index in [2.05, 4.69) is 29.7 Å². The van der Waals surface area contributed by atoms with Gasteiger partial charge in [-0.1, -0.05) is 11.3 Å². The van der Waals surface area contributed by atoms with Gasteiger partial charge in [0.25, 0.3) is 0 Å². The van der Waals surface area contributed by atoms with Gasteiger partial charge < -0.3 is 19.1 Å². The fourth-order valence-electron chi connectivity index (χ4n) is 3.47. The van der Waals surface area contributed by atoms with Gasteiger partial charge in [-0.25, -0.2) is 19.9 Å². The third-order valence-corrected chi connectivity index (χ3v) is 6.04. The number of rotatable bonds is 5. The highest BCUT2D eigenvalue weighted by Crippen LogP contribution is 2.30. The van der Waals surface area contributed by atoms with E-state index >= 15 is 0 Å². The van der Waals surface area contributed by atoms with Crippen LogP contribution in [0.5, 0.6) is 0 Å². The first-order chi connectivity index (χ1) is 13.8. The van der Waals surface area contributed by atoms with Crippen LogP contribution in [-0.2, 0) is 11.3 Å². The zero-order chi connectivity index (χ0) is 18.9. The van der Waals surface area contributed by atoms with Crippen LogP contribution < -0.4 is 9.80 Å². The molecule has 10 heteroatoms. The largest absolute Gasteiger partial charge is 0.383 e. The summed E-state index contributed by atoms with van der Waals surface area (Å²) >= 11 is 1.72. The van der Waals surface area contributed by atoms with Crippen LogP contribution >= 0.6 is 11.3 Å². The molecule has 0 unspecified atom stereocenters. The summed E-state index contributed by atoms with van der Waals surface area (Å²) in [6, 6.07) is 2.02. The lowest BCUT2D eigenvalue weighted by Gasteiger charge is -2.35. The molecule has 0 aliphatic carbocycles. The van der Waals surface area contributed by atoms with Crippen LogP contribution in [-0.4, -0.2) is 69.4 Å². The number of hydrogen-bond acceptors (Lipinski definition) is 9. The number of aromatic nitrogens is 6. The zero-order valence-electron chi connectivity index (χ0n) is 15.5. The topological polar surface area (TPSA) is 85.1 Å². The van der Waals surface area contributed by atoms with Crippen molar-refractivity contribution in [3.05, 3.63) is 31.1 Å². The third kappa shape index (κ3) is 3.04. The molecular weight excluding hydrogens is 376 g/mol. The lowest BCUT2D eigenvalue weighted by Crippen LogP contribution is -2.46. The SMILES string of the molecule is COCCn1cnc2c(N3CCN(c4nc5cnccc5s4)CC3)ncnc21. The molecule has 5 rings (SSSR count). The van der Waals surface area contributed by atoms with Gasteiger partial charge in [0, 0.05) is 46.0 Å². The normalized spacial score (nSPS) is 15.0. The van der Waals surface area contributed by atoms with E-state index < -0.39 is 0 Å². The monoisotopic (exact) mass is 396 g/mol. The van der Waals surface area contributed by atoms with Crippen molar-refractivity contribution in [3.63, 3.8) is 0 Å². The Labute approximate surface area is 165 Å². The molecular formula is C18H20N8OS. The number of nitrogens with zero attached hydrogens (tertiary/aromatic N) is 8. The van der Waals surface area contributed by atoms with Gasteiger partial charge in [-0.05, 0) is 6.07 Å². The van der Waals surface area contributed by atoms with Crippen molar-refractivity contribution in [1.82, 2.24) is 29.5 Å². The molecule has 1 aliphatic heterocycles. The standard InChI is InChI=1S/C18H20N8OS/c1-27-9-8-26-12-22-15-16(20-11-21-17(15)26)24-4-6-25(7-5-24)18-23-13-10-19-3-2-14(13)28-18/h2-3,10-12H,4-9H2,1H3. The smallest absolute Gasteiger partial charge is 0.186 e. The molecule has 0 radical (unpaired) electrons. The van der Waals surface area contributed by atoms with Crippen molar-refractivity contribution in [3.8, 4) is 0 Å². The highest BCUT2D eigenvalue weighted by molar-refractivity contribution is 7.22. The first-order valence-electron chi connectivity index (χ1n) is 9.19. The minimum Gasteiger partial charge on any atom is -0.383 e. The number of hydrogen-bond donors (Lipinski definition) is 0. The maximum absolute atomic E-state index is 5.17. The molecule has 0 N–H and O–H groups in total. The molecule has 4 aromatic heterocycles. The van der Waals surface area contributed by atoms with E-state index in [9.17, 15) is 0 Å². The Morgan fingerprint density at radius 2 is 1.96 bits per heavy atom. The maximum Gasteiger partial charge on any atom is 0.186 e. The van der Waals surface area contributed by atoms with E-state index in [1.54, 1.807) is 24.8 Å². The molecule has 144 valence electrons. The second-order valence-electron chi connectivity index (χ2n) is 6.61. The van der Waals surface area contributed by atoms with Crippen LogP contribution in [0.3, 0.4) is 0 Å². The Bertz CT molecular complexity index is 1070. The van der Waals surface area contributed by atoms with Crippen LogP contribution in [0.15, 0.2) is 31.1 Å². The lowest BCUT2D eigenvalue weighted by molar-refractivity contribution is 0.188. The summed E-state index contributed by atoms with van der Waals surface area (Å²) in [5.74, 6) is 0.898. The van der Waals surface area contributed by atoms with E-state index in [4.69, 9.17) is 9.72 Å². The van der Waals surface area contributed by atoms with Gasteiger partial charge in [-0.2, -0.15) is 0 Å². The Kier molecular flexibility index (Phi) is 4.49. The molecule has 0 atom stereocenters. The fraction of sp³-hybridized carbons (Fsp3) is 0.389. The molecule has 1 saturated heterocycles. The number of thiazole rings is 1. The molecule has 0 amide bonds. The van der Waals surface area contributed by atoms with Gasteiger partial charge in [0.2, 0.25) is 0 Å². The van der Waals surface area contributed by atoms with Crippen LogP contribution in [0.4, 0.5) is 10.9 Å². The molecule has 9 nitrogen and oxygen atoms in total. The van der Waals surface area contributed by atoms with Crippen molar-refractivity contribution in [1.29, 1.82) is 0 Å². The minimum atomic E-state index is 0.626. The molecule has 0 aromatic carbocycles. The van der Waals surface area contributed by atoms with Crippen molar-refractivity contribution in [2.24, 2.45) is 0 Å². The average Bonchev–Trinajstić information content (AvgIpc) is 3.36. The first kappa shape index (κ1) is 17.3. The molecule has 4 aromatic rings. The first-order valence-corrected chi connectivity index (χ1v) is 10.0. The Morgan fingerprint density at radius 1 is 1.11 bits per heavy atom. The summed E-state index contributed by atoms with van der Waals surface area (Å²) in [5.41, 5.74) is 2.66. The maximum atomic E-state index is 5.17. The summed E-state index contributed by atoms with van der Waals surface area (Å²) < 4.78 is 8.35. The summed E-state index contributed by atoms with van der Waals surface area (Å²) in [6.45, 7) is 4.87. The number of anilines is 2. The van der Waals surface area contributed by atoms with E-state index in [0.29, 0.717) is 6.61 Å². The third-order valence-electron chi connectivity index (χ3n) is 4.95. The van der Waals surface area contributed by atoms with E-state index in [0.717, 1.165) is 60.4 Å². The van der Waals surface area contributed by atoms with Crippen LogP contribution in [0.1, 0.15) is 0 Å². The number of fused-ring (bicyclic) bond motifs is 2. The van der Waals surface area contributed by atoms with Crippen LogP contribution in [0.25, 0.3) is 21.4 Å². The second-order valence-corrected chi connectivity index (χ2v) is 7.62. The molecule has 5 heterocycles. The summed E-state index contributed by atoms with van der Waals surface area (Å²) in [4.78, 5) is 27.0. The van der Waals surface area contributed by atoms with E-state index in [1.165, 1.54) is 4.70 Å². The lowest BCUT2D eigenvalue weighted by atomic mass is 10.3. The van der Waals surface area contributed by atoms with Gasteiger partial charge >= 0.3 is 0 Å². The Hall–Kier alpha value is -2.85. The fourth-order valence-corrected chi connectivity index (χ4v) is 4.45. The number of pyridine rings is 1. The molecule has 0 bridgehead atoms. The number of methoxy groups -OCH3 is 1. The minimum absolute atomic E-state index is 0.626. The number of piperazine rings is 1. The highest BCUT2D eigenvalue weighted by atomic mass is 32.1. The van der Waals surface area contributed by atoms with Crippen molar-refractivity contribution in [2.45, 2.75) is 6.54 Å². The van der Waals surface area contributed by atoms with Gasteiger partial charge in [0.1, 0.15) is 11.8 Å². The number of imidazole rings is 1. The van der Waals surface area contributed by atoms with E-state index in [-0.39, 0.29) is 0 Å². The predicted octanol–water partition coefficient (Wildman–Crippen LogP) is 1.80. The second kappa shape index (κ2) is 7.28. The predicted molar refractivity (Wildman–Crippen MR) is 109 cm³/mol. The van der Waals surface area contributed by atoms with Crippen LogP contribution in [0, 0.1) is 0 Å². The van der Waals surface area contributed by atoms with Crippen molar-refractivity contribution in [2.75, 3.05) is 49.7 Å². The van der Waals surface area contributed by atoms with Gasteiger partial charge in [-0.3, -0.25) is 4.98 Å². The van der Waals surface area contributed by atoms with Gasteiger partial charge in [0.15, 0.2) is 22.1 Å². The Morgan fingerprint density at radius 3 is 2.79 bits per heavy atom. The van der Waals surface area contributed by atoms with Gasteiger partial charge in [-0.15, -0.1) is 0 Å².